The van der Waals surface area contributed by atoms with Gasteiger partial charge in [0.15, 0.2) is 11.5 Å². The third-order valence-electron chi connectivity index (χ3n) is 3.96. The molecule has 1 amide bonds. The Bertz CT molecular complexity index is 902. The fraction of sp³-hybridized carbons (Fsp3) is 0.263. The van der Waals surface area contributed by atoms with Gasteiger partial charge in [0.25, 0.3) is 0 Å². The maximum atomic E-state index is 12.3. The summed E-state index contributed by atoms with van der Waals surface area (Å²) in [7, 11) is 3.16. The van der Waals surface area contributed by atoms with Crippen LogP contribution in [-0.4, -0.2) is 30.1 Å². The summed E-state index contributed by atoms with van der Waals surface area (Å²) in [5.74, 6) is 2.09. The van der Waals surface area contributed by atoms with Crippen molar-refractivity contribution >= 4 is 22.6 Å². The molecule has 130 valence electrons. The Morgan fingerprint density at radius 2 is 1.92 bits per heavy atom. The van der Waals surface area contributed by atoms with Gasteiger partial charge >= 0.3 is 0 Å². The number of carbonyl (C=O) groups excluding carboxylic acids is 1. The minimum atomic E-state index is -0.0956. The molecule has 6 nitrogen and oxygen atoms in total. The lowest BCUT2D eigenvalue weighted by Gasteiger charge is -2.10. The normalized spacial score (nSPS) is 10.7. The molecule has 25 heavy (non-hydrogen) atoms. The average molecular weight is 339 g/mol. The lowest BCUT2D eigenvalue weighted by molar-refractivity contribution is -0.115. The van der Waals surface area contributed by atoms with Crippen LogP contribution in [0.25, 0.3) is 11.0 Å². The van der Waals surface area contributed by atoms with Crippen molar-refractivity contribution in [1.82, 2.24) is 9.97 Å². The van der Waals surface area contributed by atoms with E-state index in [-0.39, 0.29) is 12.3 Å². The fourth-order valence-corrected chi connectivity index (χ4v) is 2.69. The van der Waals surface area contributed by atoms with Crippen LogP contribution in [0.1, 0.15) is 18.3 Å². The van der Waals surface area contributed by atoms with Gasteiger partial charge < -0.3 is 19.8 Å². The van der Waals surface area contributed by atoms with Crippen molar-refractivity contribution in [3.8, 4) is 11.5 Å². The zero-order chi connectivity index (χ0) is 17.8. The number of rotatable bonds is 6. The number of anilines is 1. The van der Waals surface area contributed by atoms with Crippen LogP contribution in [0.15, 0.2) is 36.4 Å². The van der Waals surface area contributed by atoms with E-state index in [0.29, 0.717) is 11.5 Å². The molecule has 0 spiro atoms. The highest BCUT2D eigenvalue weighted by atomic mass is 16.5. The number of fused-ring (bicyclic) bond motifs is 1. The lowest BCUT2D eigenvalue weighted by Crippen LogP contribution is -2.14. The van der Waals surface area contributed by atoms with E-state index < -0.39 is 0 Å². The molecule has 0 unspecified atom stereocenters. The summed E-state index contributed by atoms with van der Waals surface area (Å²) in [6.07, 6.45) is 1.09. The van der Waals surface area contributed by atoms with Gasteiger partial charge in [0.05, 0.1) is 31.7 Å². The largest absolute Gasteiger partial charge is 0.493 e. The molecule has 2 N–H and O–H groups in total. The first-order valence-electron chi connectivity index (χ1n) is 8.12. The Labute approximate surface area is 146 Å². The summed E-state index contributed by atoms with van der Waals surface area (Å²) in [5.41, 5.74) is 3.41. The first-order chi connectivity index (χ1) is 12.1. The SMILES string of the molecule is CCc1nc2ccc(NC(=O)Cc3ccc(OC)c(OC)c3)cc2[nH]1. The van der Waals surface area contributed by atoms with Crippen LogP contribution in [-0.2, 0) is 17.6 Å². The van der Waals surface area contributed by atoms with Gasteiger partial charge in [-0.1, -0.05) is 13.0 Å². The van der Waals surface area contributed by atoms with Crippen molar-refractivity contribution < 1.29 is 14.3 Å². The first kappa shape index (κ1) is 16.8. The van der Waals surface area contributed by atoms with Crippen LogP contribution >= 0.6 is 0 Å². The minimum absolute atomic E-state index is 0.0956. The zero-order valence-electron chi connectivity index (χ0n) is 14.6. The van der Waals surface area contributed by atoms with Crippen molar-refractivity contribution in [3.63, 3.8) is 0 Å². The number of amides is 1. The Hall–Kier alpha value is -3.02. The number of aryl methyl sites for hydroxylation is 1. The average Bonchev–Trinajstić information content (AvgIpc) is 3.04. The number of carbonyl (C=O) groups is 1. The zero-order valence-corrected chi connectivity index (χ0v) is 14.6. The molecule has 0 saturated heterocycles. The van der Waals surface area contributed by atoms with Gasteiger partial charge in [-0.3, -0.25) is 4.79 Å². The fourth-order valence-electron chi connectivity index (χ4n) is 2.69. The smallest absolute Gasteiger partial charge is 0.228 e. The third kappa shape index (κ3) is 3.74. The van der Waals surface area contributed by atoms with E-state index in [2.05, 4.69) is 15.3 Å². The summed E-state index contributed by atoms with van der Waals surface area (Å²) >= 11 is 0. The topological polar surface area (TPSA) is 76.2 Å². The molecule has 0 atom stereocenters. The molecule has 0 aliphatic rings. The highest BCUT2D eigenvalue weighted by Gasteiger charge is 2.10. The molecular weight excluding hydrogens is 318 g/mol. The van der Waals surface area contributed by atoms with Crippen molar-refractivity contribution in [1.29, 1.82) is 0 Å². The molecule has 0 radical (unpaired) electrons. The second-order valence-electron chi connectivity index (χ2n) is 5.68. The number of aromatic amines is 1. The quantitative estimate of drug-likeness (QED) is 0.722. The van der Waals surface area contributed by atoms with Crippen molar-refractivity contribution in [3.05, 3.63) is 47.8 Å². The summed E-state index contributed by atoms with van der Waals surface area (Å²) in [5, 5.41) is 2.92. The van der Waals surface area contributed by atoms with E-state index >= 15 is 0 Å². The van der Waals surface area contributed by atoms with Gasteiger partial charge in [0.2, 0.25) is 5.91 Å². The maximum Gasteiger partial charge on any atom is 0.228 e. The van der Waals surface area contributed by atoms with E-state index in [0.717, 1.165) is 34.5 Å². The standard InChI is InChI=1S/C19H21N3O3/c1-4-18-21-14-7-6-13(11-15(14)22-18)20-19(23)10-12-5-8-16(24-2)17(9-12)25-3/h5-9,11H,4,10H2,1-3H3,(H,20,23)(H,21,22). The van der Waals surface area contributed by atoms with Crippen LogP contribution in [0.5, 0.6) is 11.5 Å². The Morgan fingerprint density at radius 1 is 1.12 bits per heavy atom. The van der Waals surface area contributed by atoms with Gasteiger partial charge in [0, 0.05) is 12.1 Å². The number of hydrogen-bond acceptors (Lipinski definition) is 4. The van der Waals surface area contributed by atoms with Crippen molar-refractivity contribution in [2.75, 3.05) is 19.5 Å². The van der Waals surface area contributed by atoms with Gasteiger partial charge in [-0.15, -0.1) is 0 Å². The summed E-state index contributed by atoms with van der Waals surface area (Å²) in [4.78, 5) is 20.0. The van der Waals surface area contributed by atoms with Gasteiger partial charge in [0.1, 0.15) is 5.82 Å². The molecule has 2 aromatic carbocycles. The minimum Gasteiger partial charge on any atom is -0.493 e. The first-order valence-corrected chi connectivity index (χ1v) is 8.12. The van der Waals surface area contributed by atoms with Crippen LogP contribution < -0.4 is 14.8 Å². The predicted octanol–water partition coefficient (Wildman–Crippen LogP) is 3.32. The Balaban J connectivity index is 1.72. The van der Waals surface area contributed by atoms with Crippen molar-refractivity contribution in [2.24, 2.45) is 0 Å². The Morgan fingerprint density at radius 3 is 2.64 bits per heavy atom. The van der Waals surface area contributed by atoms with E-state index in [4.69, 9.17) is 9.47 Å². The van der Waals surface area contributed by atoms with E-state index in [1.165, 1.54) is 0 Å². The van der Waals surface area contributed by atoms with E-state index in [1.54, 1.807) is 20.3 Å². The van der Waals surface area contributed by atoms with Gasteiger partial charge in [-0.2, -0.15) is 0 Å². The number of methoxy groups -OCH3 is 2. The monoisotopic (exact) mass is 339 g/mol. The number of nitrogens with zero attached hydrogens (tertiary/aromatic N) is 1. The molecule has 0 aliphatic carbocycles. The van der Waals surface area contributed by atoms with Crippen molar-refractivity contribution in [2.45, 2.75) is 19.8 Å². The third-order valence-corrected chi connectivity index (χ3v) is 3.96. The van der Waals surface area contributed by atoms with E-state index in [1.807, 2.05) is 37.3 Å². The van der Waals surface area contributed by atoms with Crippen LogP contribution in [0, 0.1) is 0 Å². The van der Waals surface area contributed by atoms with Crippen LogP contribution in [0.3, 0.4) is 0 Å². The van der Waals surface area contributed by atoms with E-state index in [9.17, 15) is 4.79 Å². The second kappa shape index (κ2) is 7.25. The number of ether oxygens (including phenoxy) is 2. The molecule has 3 aromatic rings. The molecule has 0 fully saturated rings. The summed E-state index contributed by atoms with van der Waals surface area (Å²) in [6, 6.07) is 11.1. The van der Waals surface area contributed by atoms with Crippen LogP contribution in [0.2, 0.25) is 0 Å². The molecular formula is C19H21N3O3. The maximum absolute atomic E-state index is 12.3. The molecule has 0 bridgehead atoms. The molecule has 6 heteroatoms. The predicted molar refractivity (Wildman–Crippen MR) is 97.4 cm³/mol. The van der Waals surface area contributed by atoms with Gasteiger partial charge in [-0.25, -0.2) is 4.98 Å². The summed E-state index contributed by atoms with van der Waals surface area (Å²) < 4.78 is 10.5. The number of H-pyrrole nitrogens is 1. The molecule has 0 aliphatic heterocycles. The second-order valence-corrected chi connectivity index (χ2v) is 5.68. The number of hydrogen-bond donors (Lipinski definition) is 2. The summed E-state index contributed by atoms with van der Waals surface area (Å²) in [6.45, 7) is 2.05. The number of imidazole rings is 1. The molecule has 1 heterocycles. The highest BCUT2D eigenvalue weighted by molar-refractivity contribution is 5.94. The number of aromatic nitrogens is 2. The number of nitrogens with one attached hydrogen (secondary N) is 2. The molecule has 0 saturated carbocycles. The molecule has 1 aromatic heterocycles. The van der Waals surface area contributed by atoms with Crippen LogP contribution in [0.4, 0.5) is 5.69 Å². The molecule has 3 rings (SSSR count). The highest BCUT2D eigenvalue weighted by Crippen LogP contribution is 2.27. The Kier molecular flexibility index (Phi) is 4.88. The lowest BCUT2D eigenvalue weighted by atomic mass is 10.1. The van der Waals surface area contributed by atoms with Gasteiger partial charge in [-0.05, 0) is 35.9 Å². The number of benzene rings is 2.